The molecule has 0 radical (unpaired) electrons. The highest BCUT2D eigenvalue weighted by atomic mass is 19.2. The molecule has 0 saturated carbocycles. The molecule has 0 fully saturated rings. The van der Waals surface area contributed by atoms with Crippen molar-refractivity contribution in [2.24, 2.45) is 5.73 Å². The summed E-state index contributed by atoms with van der Waals surface area (Å²) in [6, 6.07) is 2.94. The molecular weight excluding hydrogens is 297 g/mol. The summed E-state index contributed by atoms with van der Waals surface area (Å²) in [6.45, 7) is 0. The van der Waals surface area contributed by atoms with E-state index in [4.69, 9.17) is 5.73 Å². The summed E-state index contributed by atoms with van der Waals surface area (Å²) in [5.41, 5.74) is 5.30. The SMILES string of the molecule is NC(=O)c1nc2ccncc2nc1-c1cc(F)c(F)c(F)c1. The van der Waals surface area contributed by atoms with E-state index in [0.717, 1.165) is 12.1 Å². The van der Waals surface area contributed by atoms with E-state index in [1.807, 2.05) is 0 Å². The van der Waals surface area contributed by atoms with Crippen LogP contribution in [0.15, 0.2) is 30.6 Å². The number of hydrogen-bond donors (Lipinski definition) is 1. The van der Waals surface area contributed by atoms with Crippen LogP contribution in [-0.2, 0) is 0 Å². The first kappa shape index (κ1) is 13.9. The minimum atomic E-state index is -1.61. The number of carbonyl (C=O) groups is 1. The van der Waals surface area contributed by atoms with Gasteiger partial charge >= 0.3 is 0 Å². The third-order valence-electron chi connectivity index (χ3n) is 2.96. The van der Waals surface area contributed by atoms with Gasteiger partial charge in [0.05, 0.1) is 11.7 Å². The van der Waals surface area contributed by atoms with Crippen molar-refractivity contribution in [1.82, 2.24) is 15.0 Å². The second kappa shape index (κ2) is 5.06. The van der Waals surface area contributed by atoms with Crippen LogP contribution >= 0.6 is 0 Å². The van der Waals surface area contributed by atoms with Crippen LogP contribution in [0.4, 0.5) is 13.2 Å². The third-order valence-corrected chi connectivity index (χ3v) is 2.96. The molecule has 0 spiro atoms. The summed E-state index contributed by atoms with van der Waals surface area (Å²) < 4.78 is 39.8. The number of primary amides is 1. The molecule has 0 bridgehead atoms. The van der Waals surface area contributed by atoms with Crippen LogP contribution < -0.4 is 5.73 Å². The summed E-state index contributed by atoms with van der Waals surface area (Å²) in [7, 11) is 0. The van der Waals surface area contributed by atoms with E-state index in [1.54, 1.807) is 0 Å². The number of nitrogens with two attached hydrogens (primary N) is 1. The number of pyridine rings is 1. The molecule has 2 heterocycles. The maximum atomic E-state index is 13.4. The van der Waals surface area contributed by atoms with E-state index in [1.165, 1.54) is 18.5 Å². The van der Waals surface area contributed by atoms with Crippen molar-refractivity contribution in [3.8, 4) is 11.3 Å². The third kappa shape index (κ3) is 2.24. The second-order valence-corrected chi connectivity index (χ2v) is 4.40. The Hall–Kier alpha value is -3.03. The number of aromatic nitrogens is 3. The number of carbonyl (C=O) groups excluding carboxylic acids is 1. The maximum Gasteiger partial charge on any atom is 0.269 e. The van der Waals surface area contributed by atoms with Gasteiger partial charge in [-0.05, 0) is 18.2 Å². The van der Waals surface area contributed by atoms with Crippen LogP contribution in [0.5, 0.6) is 0 Å². The van der Waals surface area contributed by atoms with Crippen molar-refractivity contribution in [2.75, 3.05) is 0 Å². The van der Waals surface area contributed by atoms with Gasteiger partial charge in [-0.15, -0.1) is 0 Å². The van der Waals surface area contributed by atoms with Gasteiger partial charge in [0.25, 0.3) is 5.91 Å². The van der Waals surface area contributed by atoms with Crippen LogP contribution in [0.1, 0.15) is 10.5 Å². The minimum absolute atomic E-state index is 0.147. The minimum Gasteiger partial charge on any atom is -0.364 e. The average molecular weight is 304 g/mol. The molecule has 0 unspecified atom stereocenters. The molecule has 110 valence electrons. The zero-order chi connectivity index (χ0) is 15.9. The molecular formula is C14H7F3N4O. The van der Waals surface area contributed by atoms with Crippen molar-refractivity contribution in [1.29, 1.82) is 0 Å². The Morgan fingerprint density at radius 1 is 1.05 bits per heavy atom. The standard InChI is InChI=1S/C14H7F3N4O/c15-7-3-6(4-8(16)11(7)17)12-13(14(18)22)20-9-1-2-19-5-10(9)21-12/h1-5H,(H2,18,22). The molecule has 1 aromatic carbocycles. The monoisotopic (exact) mass is 304 g/mol. The van der Waals surface area contributed by atoms with Crippen LogP contribution in [-0.4, -0.2) is 20.9 Å². The topological polar surface area (TPSA) is 81.8 Å². The van der Waals surface area contributed by atoms with Crippen molar-refractivity contribution in [3.05, 3.63) is 53.7 Å². The molecule has 22 heavy (non-hydrogen) atoms. The fraction of sp³-hybridized carbons (Fsp3) is 0. The summed E-state index contributed by atoms with van der Waals surface area (Å²) in [5, 5.41) is 0. The maximum absolute atomic E-state index is 13.4. The molecule has 1 amide bonds. The van der Waals surface area contributed by atoms with E-state index < -0.39 is 23.4 Å². The fourth-order valence-corrected chi connectivity index (χ4v) is 1.97. The summed E-state index contributed by atoms with van der Waals surface area (Å²) in [5.74, 6) is -5.34. The van der Waals surface area contributed by atoms with Gasteiger partial charge < -0.3 is 5.73 Å². The Bertz CT molecular complexity index is 891. The van der Waals surface area contributed by atoms with Gasteiger partial charge in [0, 0.05) is 11.8 Å². The lowest BCUT2D eigenvalue weighted by Crippen LogP contribution is -2.16. The molecule has 0 aliphatic heterocycles. The lowest BCUT2D eigenvalue weighted by Gasteiger charge is -2.08. The van der Waals surface area contributed by atoms with E-state index in [9.17, 15) is 18.0 Å². The molecule has 5 nitrogen and oxygen atoms in total. The van der Waals surface area contributed by atoms with Gasteiger partial charge in [-0.1, -0.05) is 0 Å². The number of nitrogens with zero attached hydrogens (tertiary/aromatic N) is 3. The van der Waals surface area contributed by atoms with Crippen molar-refractivity contribution in [3.63, 3.8) is 0 Å². The van der Waals surface area contributed by atoms with Crippen molar-refractivity contribution < 1.29 is 18.0 Å². The Morgan fingerprint density at radius 3 is 2.36 bits per heavy atom. The second-order valence-electron chi connectivity index (χ2n) is 4.40. The number of halogens is 3. The van der Waals surface area contributed by atoms with Gasteiger partial charge in [0.2, 0.25) is 0 Å². The van der Waals surface area contributed by atoms with Crippen molar-refractivity contribution >= 4 is 16.9 Å². The fourth-order valence-electron chi connectivity index (χ4n) is 1.97. The molecule has 0 aliphatic rings. The zero-order valence-electron chi connectivity index (χ0n) is 10.8. The zero-order valence-corrected chi connectivity index (χ0v) is 10.8. The lowest BCUT2D eigenvalue weighted by atomic mass is 10.1. The Morgan fingerprint density at radius 2 is 1.73 bits per heavy atom. The van der Waals surface area contributed by atoms with Crippen LogP contribution in [0.2, 0.25) is 0 Å². The van der Waals surface area contributed by atoms with E-state index in [0.29, 0.717) is 11.0 Å². The van der Waals surface area contributed by atoms with E-state index in [2.05, 4.69) is 15.0 Å². The summed E-state index contributed by atoms with van der Waals surface area (Å²) in [6.07, 6.45) is 2.81. The van der Waals surface area contributed by atoms with Gasteiger partial charge in [-0.25, -0.2) is 23.1 Å². The van der Waals surface area contributed by atoms with Gasteiger partial charge in [-0.2, -0.15) is 0 Å². The number of benzene rings is 1. The van der Waals surface area contributed by atoms with Crippen LogP contribution in [0.3, 0.4) is 0 Å². The van der Waals surface area contributed by atoms with Gasteiger partial charge in [0.1, 0.15) is 11.2 Å². The van der Waals surface area contributed by atoms with Gasteiger partial charge in [0.15, 0.2) is 23.1 Å². The number of amides is 1. The highest BCUT2D eigenvalue weighted by molar-refractivity contribution is 5.98. The Balaban J connectivity index is 2.33. The summed E-state index contributed by atoms with van der Waals surface area (Å²) >= 11 is 0. The number of hydrogen-bond acceptors (Lipinski definition) is 4. The largest absolute Gasteiger partial charge is 0.364 e. The predicted octanol–water partition coefficient (Wildman–Crippen LogP) is 2.21. The Kier molecular flexibility index (Phi) is 3.21. The van der Waals surface area contributed by atoms with E-state index >= 15 is 0 Å². The molecule has 3 aromatic rings. The van der Waals surface area contributed by atoms with Crippen LogP contribution in [0, 0.1) is 17.5 Å². The highest BCUT2D eigenvalue weighted by Crippen LogP contribution is 2.26. The van der Waals surface area contributed by atoms with Crippen molar-refractivity contribution in [2.45, 2.75) is 0 Å². The molecule has 8 heteroatoms. The predicted molar refractivity (Wildman–Crippen MR) is 71.2 cm³/mol. The number of rotatable bonds is 2. The Labute approximate surface area is 121 Å². The molecule has 2 aromatic heterocycles. The molecule has 0 aliphatic carbocycles. The average Bonchev–Trinajstić information content (AvgIpc) is 2.50. The molecule has 0 saturated heterocycles. The smallest absolute Gasteiger partial charge is 0.269 e. The molecule has 2 N–H and O–H groups in total. The first-order valence-electron chi connectivity index (χ1n) is 6.04. The highest BCUT2D eigenvalue weighted by Gasteiger charge is 2.19. The first-order valence-corrected chi connectivity index (χ1v) is 6.04. The molecule has 3 rings (SSSR count). The van der Waals surface area contributed by atoms with Gasteiger partial charge in [-0.3, -0.25) is 9.78 Å². The van der Waals surface area contributed by atoms with Crippen LogP contribution in [0.25, 0.3) is 22.3 Å². The normalized spacial score (nSPS) is 10.9. The number of fused-ring (bicyclic) bond motifs is 1. The quantitative estimate of drug-likeness (QED) is 0.736. The first-order chi connectivity index (χ1) is 10.5. The van der Waals surface area contributed by atoms with E-state index in [-0.39, 0.29) is 17.0 Å². The molecule has 0 atom stereocenters. The summed E-state index contributed by atoms with van der Waals surface area (Å²) in [4.78, 5) is 23.5. The lowest BCUT2D eigenvalue weighted by molar-refractivity contribution is 0.0996.